The summed E-state index contributed by atoms with van der Waals surface area (Å²) in [7, 11) is 0. The number of carbonyl (C=O) groups is 2. The Labute approximate surface area is 292 Å². The van der Waals surface area contributed by atoms with E-state index >= 15 is 0 Å². The molecule has 0 atom stereocenters. The maximum atomic E-state index is 14.4. The van der Waals surface area contributed by atoms with E-state index in [9.17, 15) is 32.7 Å². The Bertz CT molecular complexity index is 2360. The lowest BCUT2D eigenvalue weighted by Crippen LogP contribution is -2.46. The Balaban J connectivity index is 1.29. The number of fused-ring (bicyclic) bond motifs is 3. The molecule has 51 heavy (non-hydrogen) atoms. The minimum absolute atomic E-state index is 0.0257. The van der Waals surface area contributed by atoms with Gasteiger partial charge in [0.05, 0.1) is 33.2 Å². The van der Waals surface area contributed by atoms with Gasteiger partial charge < -0.3 is 19.9 Å². The third-order valence-electron chi connectivity index (χ3n) is 9.38. The largest absolute Gasteiger partial charge is 0.504 e. The fourth-order valence-electron chi connectivity index (χ4n) is 6.86. The number of aryl methyl sites for hydroxylation is 2. The van der Waals surface area contributed by atoms with Gasteiger partial charge in [-0.15, -0.1) is 5.10 Å². The number of carbonyl (C=O) groups excluding carboxylic acids is 2. The lowest BCUT2D eigenvalue weighted by atomic mass is 9.75. The van der Waals surface area contributed by atoms with Gasteiger partial charge >= 0.3 is 6.18 Å². The molecule has 262 valence electrons. The Morgan fingerprint density at radius 2 is 1.80 bits per heavy atom. The molecule has 1 aliphatic heterocycles. The van der Waals surface area contributed by atoms with Crippen LogP contribution in [0, 0.1) is 13.8 Å². The SMILES string of the molecule is CC1=CC2(CCN(C(=O)c3ncnc(C)c3O)CC2)c2c1n(CC(=O)Nc1ccc(C(F)(F)F)cc1Cl)c1nc(-c3cccnc3C)nn1c2=O. The van der Waals surface area contributed by atoms with Crippen molar-refractivity contribution in [2.24, 2.45) is 0 Å². The first-order valence-electron chi connectivity index (χ1n) is 15.8. The number of anilines is 1. The molecule has 7 rings (SSSR count). The number of allylic oxidation sites excluding steroid dienone is 2. The van der Waals surface area contributed by atoms with Gasteiger partial charge in [0.1, 0.15) is 12.9 Å². The summed E-state index contributed by atoms with van der Waals surface area (Å²) in [6, 6.07) is 6.09. The van der Waals surface area contributed by atoms with E-state index < -0.39 is 41.1 Å². The van der Waals surface area contributed by atoms with Crippen LogP contribution in [0.2, 0.25) is 5.02 Å². The van der Waals surface area contributed by atoms with Gasteiger partial charge in [-0.2, -0.15) is 22.7 Å². The zero-order valence-corrected chi connectivity index (χ0v) is 28.2. The van der Waals surface area contributed by atoms with Crippen LogP contribution in [-0.4, -0.2) is 69.0 Å². The Morgan fingerprint density at radius 3 is 2.49 bits per heavy atom. The van der Waals surface area contributed by atoms with Crippen LogP contribution >= 0.6 is 11.6 Å². The number of aromatic nitrogens is 7. The van der Waals surface area contributed by atoms with Gasteiger partial charge in [0.15, 0.2) is 17.3 Å². The van der Waals surface area contributed by atoms with Crippen LogP contribution in [0.25, 0.3) is 22.7 Å². The lowest BCUT2D eigenvalue weighted by molar-refractivity contribution is -0.137. The molecule has 13 nitrogen and oxygen atoms in total. The fourth-order valence-corrected chi connectivity index (χ4v) is 7.09. The Kier molecular flexibility index (Phi) is 8.16. The van der Waals surface area contributed by atoms with Crippen molar-refractivity contribution in [3.05, 3.63) is 98.2 Å². The average Bonchev–Trinajstić information content (AvgIpc) is 3.65. The summed E-state index contributed by atoms with van der Waals surface area (Å²) in [5, 5.41) is 17.3. The van der Waals surface area contributed by atoms with E-state index in [0.717, 1.165) is 22.7 Å². The molecule has 1 fully saturated rings. The highest BCUT2D eigenvalue weighted by Crippen LogP contribution is 2.46. The van der Waals surface area contributed by atoms with Gasteiger partial charge in [0.25, 0.3) is 11.5 Å². The zero-order chi connectivity index (χ0) is 36.4. The van der Waals surface area contributed by atoms with Crippen molar-refractivity contribution in [1.29, 1.82) is 0 Å². The van der Waals surface area contributed by atoms with Crippen LogP contribution in [0.15, 0.2) is 53.7 Å². The molecular weight excluding hydrogens is 691 g/mol. The average molecular weight is 720 g/mol. The number of nitrogens with one attached hydrogen (secondary N) is 1. The second-order valence-corrected chi connectivity index (χ2v) is 13.0. The van der Waals surface area contributed by atoms with Crippen molar-refractivity contribution in [3.63, 3.8) is 0 Å². The monoisotopic (exact) mass is 719 g/mol. The third-order valence-corrected chi connectivity index (χ3v) is 9.69. The standard InChI is InChI=1S/C34H29ClF3N9O4/c1-17-14-33(8-11-45(12-9-33)31(51)26-28(49)19(3)40-16-41-26)25-27(17)46(15-24(48)42-23-7-6-20(13-22(23)35)34(36,37)38)32-43-29(44-47(32)30(25)50)21-5-4-10-39-18(21)2/h4-7,10,13-14,16,49H,8-9,11-12,15H2,1-3H3,(H,42,48). The van der Waals surface area contributed by atoms with E-state index in [1.165, 1.54) is 6.33 Å². The van der Waals surface area contributed by atoms with Crippen molar-refractivity contribution < 1.29 is 27.9 Å². The van der Waals surface area contributed by atoms with Gasteiger partial charge in [-0.25, -0.2) is 9.97 Å². The van der Waals surface area contributed by atoms with Crippen molar-refractivity contribution in [2.75, 3.05) is 18.4 Å². The van der Waals surface area contributed by atoms with Crippen LogP contribution in [0.5, 0.6) is 5.75 Å². The van der Waals surface area contributed by atoms with Gasteiger partial charge in [-0.3, -0.25) is 19.4 Å². The molecule has 1 saturated heterocycles. The number of alkyl halides is 3. The van der Waals surface area contributed by atoms with E-state index in [1.807, 2.05) is 13.0 Å². The van der Waals surface area contributed by atoms with Crippen LogP contribution in [0.4, 0.5) is 18.9 Å². The van der Waals surface area contributed by atoms with Crippen LogP contribution in [-0.2, 0) is 22.9 Å². The first kappa shape index (κ1) is 33.8. The van der Waals surface area contributed by atoms with E-state index in [4.69, 9.17) is 11.6 Å². The second-order valence-electron chi connectivity index (χ2n) is 12.6. The zero-order valence-electron chi connectivity index (χ0n) is 27.4. The predicted molar refractivity (Wildman–Crippen MR) is 179 cm³/mol. The third kappa shape index (κ3) is 5.78. The fraction of sp³-hybridized carbons (Fsp3) is 0.294. The van der Waals surface area contributed by atoms with Crippen molar-refractivity contribution in [3.8, 4) is 17.1 Å². The molecular formula is C34H29ClF3N9O4. The van der Waals surface area contributed by atoms with Crippen LogP contribution < -0.4 is 10.9 Å². The highest BCUT2D eigenvalue weighted by atomic mass is 35.5. The van der Waals surface area contributed by atoms with Crippen molar-refractivity contribution >= 4 is 40.5 Å². The highest BCUT2D eigenvalue weighted by molar-refractivity contribution is 6.33. The summed E-state index contributed by atoms with van der Waals surface area (Å²) in [6.07, 6.45) is 0.839. The first-order chi connectivity index (χ1) is 24.2. The molecule has 2 amide bonds. The number of hydrogen-bond acceptors (Lipinski definition) is 9. The number of aromatic hydroxyl groups is 1. The number of hydrogen-bond donors (Lipinski definition) is 2. The number of rotatable bonds is 5. The number of likely N-dealkylation sites (tertiary alicyclic amines) is 1. The maximum absolute atomic E-state index is 14.4. The van der Waals surface area contributed by atoms with Crippen LogP contribution in [0.1, 0.15) is 58.5 Å². The molecule has 5 heterocycles. The van der Waals surface area contributed by atoms with Gasteiger partial charge in [0.2, 0.25) is 11.7 Å². The summed E-state index contributed by atoms with van der Waals surface area (Å²) in [5.74, 6) is -1.13. The Morgan fingerprint density at radius 1 is 1.06 bits per heavy atom. The number of halogens is 4. The summed E-state index contributed by atoms with van der Waals surface area (Å²) < 4.78 is 42.4. The summed E-state index contributed by atoms with van der Waals surface area (Å²) in [5.41, 5.74) is 0.597. The minimum Gasteiger partial charge on any atom is -0.504 e. The molecule has 5 aromatic rings. The molecule has 0 unspecified atom stereocenters. The molecule has 1 aromatic carbocycles. The molecule has 2 N–H and O–H groups in total. The van der Waals surface area contributed by atoms with Crippen molar-refractivity contribution in [1.82, 2.24) is 39.0 Å². The molecule has 0 radical (unpaired) electrons. The van der Waals surface area contributed by atoms with Crippen LogP contribution in [0.3, 0.4) is 0 Å². The Hall–Kier alpha value is -5.64. The first-order valence-corrected chi connectivity index (χ1v) is 16.2. The highest BCUT2D eigenvalue weighted by Gasteiger charge is 2.45. The number of benzene rings is 1. The summed E-state index contributed by atoms with van der Waals surface area (Å²) in [6.45, 7) is 5.21. The number of piperidine rings is 1. The normalized spacial score (nSPS) is 15.3. The molecule has 2 aliphatic rings. The molecule has 1 aliphatic carbocycles. The molecule has 1 spiro atoms. The molecule has 0 bridgehead atoms. The van der Waals surface area contributed by atoms with Gasteiger partial charge in [0, 0.05) is 36.0 Å². The minimum atomic E-state index is -4.62. The lowest BCUT2D eigenvalue weighted by Gasteiger charge is -2.38. The maximum Gasteiger partial charge on any atom is 0.416 e. The van der Waals surface area contributed by atoms with E-state index in [-0.39, 0.29) is 52.5 Å². The summed E-state index contributed by atoms with van der Waals surface area (Å²) in [4.78, 5) is 59.8. The summed E-state index contributed by atoms with van der Waals surface area (Å²) >= 11 is 6.13. The number of amides is 2. The van der Waals surface area contributed by atoms with Crippen molar-refractivity contribution in [2.45, 2.75) is 51.7 Å². The van der Waals surface area contributed by atoms with E-state index in [1.54, 1.807) is 41.6 Å². The molecule has 17 heteroatoms. The predicted octanol–water partition coefficient (Wildman–Crippen LogP) is 4.97. The van der Waals surface area contributed by atoms with Gasteiger partial charge in [-0.1, -0.05) is 17.7 Å². The number of pyridine rings is 1. The van der Waals surface area contributed by atoms with Gasteiger partial charge in [-0.05, 0) is 69.5 Å². The quantitative estimate of drug-likeness (QED) is 0.256. The smallest absolute Gasteiger partial charge is 0.416 e. The second kappa shape index (κ2) is 12.3. The number of nitrogens with zero attached hydrogens (tertiary/aromatic N) is 8. The topological polar surface area (TPSA) is 160 Å². The molecule has 4 aromatic heterocycles. The van der Waals surface area contributed by atoms with E-state index in [2.05, 4.69) is 30.4 Å². The van der Waals surface area contributed by atoms with E-state index in [0.29, 0.717) is 40.9 Å². The molecule has 0 saturated carbocycles.